The number of para-hydroxylation sites is 1. The van der Waals surface area contributed by atoms with Crippen LogP contribution in [0.4, 0.5) is 17.1 Å². The standard InChI is InChI=1S/C15H10N4O2/c1-18(14-5-3-2-4-11(14)9-16)13-7-6-12(10-17)15(8-13)19(20)21/h2-8H,1H3. The third-order valence-electron chi connectivity index (χ3n) is 3.07. The van der Waals surface area contributed by atoms with Crippen LogP contribution >= 0.6 is 0 Å². The Balaban J connectivity index is 2.52. The summed E-state index contributed by atoms with van der Waals surface area (Å²) in [6, 6.07) is 15.2. The zero-order valence-corrected chi connectivity index (χ0v) is 11.1. The SMILES string of the molecule is CN(c1ccc(C#N)c([N+](=O)[O-])c1)c1ccccc1C#N. The molecule has 0 saturated carbocycles. The van der Waals surface area contributed by atoms with Gasteiger partial charge in [-0.15, -0.1) is 0 Å². The van der Waals surface area contributed by atoms with Crippen LogP contribution in [0.1, 0.15) is 11.1 Å². The molecule has 0 fully saturated rings. The molecule has 0 bridgehead atoms. The predicted octanol–water partition coefficient (Wildman–Crippen LogP) is 3.11. The van der Waals surface area contributed by atoms with Crippen molar-refractivity contribution in [2.45, 2.75) is 0 Å². The minimum Gasteiger partial charge on any atom is -0.343 e. The molecule has 6 heteroatoms. The van der Waals surface area contributed by atoms with E-state index in [4.69, 9.17) is 10.5 Å². The molecule has 0 aromatic heterocycles. The van der Waals surface area contributed by atoms with Gasteiger partial charge in [0.1, 0.15) is 17.7 Å². The summed E-state index contributed by atoms with van der Waals surface area (Å²) in [5.41, 5.74) is 1.39. The van der Waals surface area contributed by atoms with Gasteiger partial charge >= 0.3 is 0 Å². The highest BCUT2D eigenvalue weighted by atomic mass is 16.6. The van der Waals surface area contributed by atoms with Gasteiger partial charge in [0.15, 0.2) is 0 Å². The van der Waals surface area contributed by atoms with Crippen molar-refractivity contribution in [1.82, 2.24) is 0 Å². The minimum atomic E-state index is -0.591. The molecule has 6 nitrogen and oxygen atoms in total. The average molecular weight is 278 g/mol. The zero-order chi connectivity index (χ0) is 15.4. The molecule has 0 atom stereocenters. The van der Waals surface area contributed by atoms with Crippen molar-refractivity contribution in [2.24, 2.45) is 0 Å². The van der Waals surface area contributed by atoms with Crippen LogP contribution in [0.3, 0.4) is 0 Å². The van der Waals surface area contributed by atoms with Crippen LogP contribution in [0, 0.1) is 32.8 Å². The molecule has 2 aromatic rings. The van der Waals surface area contributed by atoms with E-state index in [1.54, 1.807) is 48.3 Å². The quantitative estimate of drug-likeness (QED) is 0.635. The molecule has 0 saturated heterocycles. The van der Waals surface area contributed by atoms with E-state index in [0.717, 1.165) is 0 Å². The number of nitrogens with zero attached hydrogens (tertiary/aromatic N) is 4. The van der Waals surface area contributed by atoms with Gasteiger partial charge < -0.3 is 4.90 Å². The number of benzene rings is 2. The van der Waals surface area contributed by atoms with Gasteiger partial charge in [0.05, 0.1) is 16.2 Å². The monoisotopic (exact) mass is 278 g/mol. The van der Waals surface area contributed by atoms with Crippen molar-refractivity contribution in [1.29, 1.82) is 10.5 Å². The molecule has 0 aliphatic heterocycles. The highest BCUT2D eigenvalue weighted by Crippen LogP contribution is 2.30. The predicted molar refractivity (Wildman–Crippen MR) is 77.0 cm³/mol. The summed E-state index contributed by atoms with van der Waals surface area (Å²) in [5.74, 6) is 0. The van der Waals surface area contributed by atoms with E-state index in [2.05, 4.69) is 6.07 Å². The zero-order valence-electron chi connectivity index (χ0n) is 11.1. The third-order valence-corrected chi connectivity index (χ3v) is 3.07. The second-order valence-electron chi connectivity index (χ2n) is 4.26. The number of nitriles is 2. The summed E-state index contributed by atoms with van der Waals surface area (Å²) in [7, 11) is 1.71. The fourth-order valence-corrected chi connectivity index (χ4v) is 1.97. The first-order valence-corrected chi connectivity index (χ1v) is 6.00. The number of rotatable bonds is 3. The molecule has 0 N–H and O–H groups in total. The summed E-state index contributed by atoms with van der Waals surface area (Å²) < 4.78 is 0. The maximum Gasteiger partial charge on any atom is 0.289 e. The fraction of sp³-hybridized carbons (Fsp3) is 0.0667. The second-order valence-corrected chi connectivity index (χ2v) is 4.26. The van der Waals surface area contributed by atoms with E-state index < -0.39 is 4.92 Å². The van der Waals surface area contributed by atoms with Crippen LogP contribution < -0.4 is 4.90 Å². The summed E-state index contributed by atoms with van der Waals surface area (Å²) in [6.07, 6.45) is 0. The van der Waals surface area contributed by atoms with Gasteiger partial charge in [0, 0.05) is 18.8 Å². The Labute approximate surface area is 121 Å². The smallest absolute Gasteiger partial charge is 0.289 e. The van der Waals surface area contributed by atoms with Crippen LogP contribution in [-0.4, -0.2) is 12.0 Å². The maximum atomic E-state index is 11.0. The molecule has 0 aliphatic carbocycles. The summed E-state index contributed by atoms with van der Waals surface area (Å²) >= 11 is 0. The summed E-state index contributed by atoms with van der Waals surface area (Å²) in [5, 5.41) is 29.0. The largest absolute Gasteiger partial charge is 0.343 e. The number of anilines is 2. The molecule has 0 radical (unpaired) electrons. The van der Waals surface area contributed by atoms with E-state index >= 15 is 0 Å². The lowest BCUT2D eigenvalue weighted by Gasteiger charge is -2.20. The maximum absolute atomic E-state index is 11.0. The molecule has 0 heterocycles. The molecular weight excluding hydrogens is 268 g/mol. The lowest BCUT2D eigenvalue weighted by molar-refractivity contribution is -0.385. The molecule has 0 amide bonds. The van der Waals surface area contributed by atoms with Gasteiger partial charge in [-0.05, 0) is 24.3 Å². The minimum absolute atomic E-state index is 0.00529. The number of nitro groups is 1. The molecule has 21 heavy (non-hydrogen) atoms. The Hall–Kier alpha value is -3.38. The van der Waals surface area contributed by atoms with Crippen LogP contribution in [0.2, 0.25) is 0 Å². The highest BCUT2D eigenvalue weighted by Gasteiger charge is 2.17. The van der Waals surface area contributed by atoms with Crippen LogP contribution in [0.25, 0.3) is 0 Å². The van der Waals surface area contributed by atoms with Crippen molar-refractivity contribution >= 4 is 17.1 Å². The lowest BCUT2D eigenvalue weighted by atomic mass is 10.1. The first-order valence-electron chi connectivity index (χ1n) is 6.00. The molecule has 0 unspecified atom stereocenters. The first-order chi connectivity index (χ1) is 10.1. The van der Waals surface area contributed by atoms with Gasteiger partial charge in [-0.25, -0.2) is 0 Å². The molecule has 102 valence electrons. The van der Waals surface area contributed by atoms with Gasteiger partial charge in [0.2, 0.25) is 0 Å². The Morgan fingerprint density at radius 1 is 1.10 bits per heavy atom. The fourth-order valence-electron chi connectivity index (χ4n) is 1.97. The van der Waals surface area contributed by atoms with Gasteiger partial charge in [-0.3, -0.25) is 10.1 Å². The summed E-state index contributed by atoms with van der Waals surface area (Å²) in [4.78, 5) is 12.1. The van der Waals surface area contributed by atoms with Crippen molar-refractivity contribution in [2.75, 3.05) is 11.9 Å². The third kappa shape index (κ3) is 2.65. The van der Waals surface area contributed by atoms with E-state index in [1.807, 2.05) is 0 Å². The molecule has 0 aliphatic rings. The average Bonchev–Trinajstić information content (AvgIpc) is 2.53. The number of hydrogen-bond acceptors (Lipinski definition) is 5. The van der Waals surface area contributed by atoms with E-state index in [9.17, 15) is 10.1 Å². The Kier molecular flexibility index (Phi) is 3.83. The molecule has 2 aromatic carbocycles. The van der Waals surface area contributed by atoms with Crippen LogP contribution in [0.5, 0.6) is 0 Å². The van der Waals surface area contributed by atoms with E-state index in [-0.39, 0.29) is 11.3 Å². The number of hydrogen-bond donors (Lipinski definition) is 0. The van der Waals surface area contributed by atoms with Crippen molar-refractivity contribution in [3.05, 3.63) is 63.7 Å². The Bertz CT molecular complexity index is 787. The molecule has 2 rings (SSSR count). The number of nitro benzene ring substituents is 1. The Morgan fingerprint density at radius 2 is 1.76 bits per heavy atom. The Morgan fingerprint density at radius 3 is 2.38 bits per heavy atom. The van der Waals surface area contributed by atoms with Crippen LogP contribution in [-0.2, 0) is 0 Å². The van der Waals surface area contributed by atoms with Gasteiger partial charge in [-0.2, -0.15) is 10.5 Å². The van der Waals surface area contributed by atoms with Crippen molar-refractivity contribution < 1.29 is 4.92 Å². The van der Waals surface area contributed by atoms with E-state index in [1.165, 1.54) is 12.1 Å². The molecular formula is C15H10N4O2. The van der Waals surface area contributed by atoms with Crippen LogP contribution in [0.15, 0.2) is 42.5 Å². The van der Waals surface area contributed by atoms with Gasteiger partial charge in [-0.1, -0.05) is 12.1 Å². The first kappa shape index (κ1) is 14.0. The van der Waals surface area contributed by atoms with Gasteiger partial charge in [0.25, 0.3) is 5.69 Å². The molecule has 0 spiro atoms. The summed E-state index contributed by atoms with van der Waals surface area (Å²) in [6.45, 7) is 0. The topological polar surface area (TPSA) is 94.0 Å². The van der Waals surface area contributed by atoms with E-state index in [0.29, 0.717) is 16.9 Å². The van der Waals surface area contributed by atoms with Crippen molar-refractivity contribution in [3.8, 4) is 12.1 Å². The normalized spacial score (nSPS) is 9.48. The second kappa shape index (κ2) is 5.72. The highest BCUT2D eigenvalue weighted by molar-refractivity contribution is 5.71. The van der Waals surface area contributed by atoms with Crippen molar-refractivity contribution in [3.63, 3.8) is 0 Å². The lowest BCUT2D eigenvalue weighted by Crippen LogP contribution is -2.11.